The van der Waals surface area contributed by atoms with Crippen LogP contribution in [-0.4, -0.2) is 29.9 Å². The number of nitrogens with one attached hydrogen (secondary N) is 1. The molecule has 0 aliphatic heterocycles. The Bertz CT molecular complexity index is 980. The monoisotopic (exact) mass is 330 g/mol. The molecule has 0 aliphatic rings. The smallest absolute Gasteiger partial charge is 0.175 e. The van der Waals surface area contributed by atoms with Gasteiger partial charge < -0.3 is 15.5 Å². The van der Waals surface area contributed by atoms with Crippen molar-refractivity contribution in [3.63, 3.8) is 0 Å². The summed E-state index contributed by atoms with van der Waals surface area (Å²) in [6.07, 6.45) is 1.16. The number of hydrogen-bond acceptors (Lipinski definition) is 6. The summed E-state index contributed by atoms with van der Waals surface area (Å²) < 4.78 is 23.1. The number of aromatic nitrogens is 1. The zero-order valence-corrected chi connectivity index (χ0v) is 13.0. The zero-order chi connectivity index (χ0) is 16.6. The van der Waals surface area contributed by atoms with Crippen molar-refractivity contribution < 1.29 is 18.6 Å². The van der Waals surface area contributed by atoms with Crippen LogP contribution >= 0.6 is 0 Å². The summed E-state index contributed by atoms with van der Waals surface area (Å²) in [6.45, 7) is 0. The second-order valence-electron chi connectivity index (χ2n) is 5.19. The number of pyridine rings is 1. The van der Waals surface area contributed by atoms with Crippen LogP contribution in [0.5, 0.6) is 11.5 Å². The Morgan fingerprint density at radius 1 is 0.957 bits per heavy atom. The van der Waals surface area contributed by atoms with Gasteiger partial charge in [-0.25, -0.2) is 13.4 Å². The van der Waals surface area contributed by atoms with Crippen molar-refractivity contribution in [1.29, 1.82) is 0 Å². The third-order valence-corrected chi connectivity index (χ3v) is 4.37. The number of fused-ring (bicyclic) bond motifs is 1. The van der Waals surface area contributed by atoms with E-state index in [2.05, 4.69) is 10.3 Å². The van der Waals surface area contributed by atoms with E-state index >= 15 is 0 Å². The number of aromatic hydroxyl groups is 2. The van der Waals surface area contributed by atoms with E-state index in [9.17, 15) is 18.6 Å². The van der Waals surface area contributed by atoms with Crippen LogP contribution in [0.2, 0.25) is 0 Å². The molecule has 118 valence electrons. The molecule has 0 amide bonds. The van der Waals surface area contributed by atoms with Crippen molar-refractivity contribution >= 4 is 32.2 Å². The highest BCUT2D eigenvalue weighted by Crippen LogP contribution is 2.27. The van der Waals surface area contributed by atoms with Crippen molar-refractivity contribution in [3.05, 3.63) is 48.5 Å². The van der Waals surface area contributed by atoms with Gasteiger partial charge in [-0.1, -0.05) is 0 Å². The van der Waals surface area contributed by atoms with E-state index in [1.54, 1.807) is 24.3 Å². The number of hydrogen-bond donors (Lipinski definition) is 3. The molecule has 2 aromatic carbocycles. The second-order valence-corrected chi connectivity index (χ2v) is 7.20. The zero-order valence-electron chi connectivity index (χ0n) is 12.2. The molecule has 3 rings (SSSR count). The van der Waals surface area contributed by atoms with Crippen LogP contribution in [0.1, 0.15) is 0 Å². The van der Waals surface area contributed by atoms with E-state index in [0.717, 1.165) is 6.26 Å². The summed E-state index contributed by atoms with van der Waals surface area (Å²) >= 11 is 0. The predicted octanol–water partition coefficient (Wildman–Crippen LogP) is 2.79. The SMILES string of the molecule is CS(=O)(=O)c1ccc2nc(Nc3cc(O)cc(O)c3)ccc2c1. The highest BCUT2D eigenvalue weighted by Gasteiger charge is 2.08. The molecule has 6 nitrogen and oxygen atoms in total. The maximum Gasteiger partial charge on any atom is 0.175 e. The Hall–Kier alpha value is -2.80. The van der Waals surface area contributed by atoms with Crippen LogP contribution in [0.15, 0.2) is 53.4 Å². The third-order valence-electron chi connectivity index (χ3n) is 3.26. The fraction of sp³-hybridized carbons (Fsp3) is 0.0625. The first-order chi connectivity index (χ1) is 10.8. The van der Waals surface area contributed by atoms with Gasteiger partial charge in [-0.2, -0.15) is 0 Å². The molecule has 0 atom stereocenters. The van der Waals surface area contributed by atoms with Crippen molar-refractivity contribution in [1.82, 2.24) is 4.98 Å². The second kappa shape index (κ2) is 5.44. The molecule has 0 radical (unpaired) electrons. The number of rotatable bonds is 3. The molecule has 0 saturated heterocycles. The maximum absolute atomic E-state index is 11.6. The number of sulfone groups is 1. The summed E-state index contributed by atoms with van der Waals surface area (Å²) in [4.78, 5) is 4.62. The molecular formula is C16H14N2O4S. The van der Waals surface area contributed by atoms with Crippen molar-refractivity contribution in [2.45, 2.75) is 4.90 Å². The van der Waals surface area contributed by atoms with Gasteiger partial charge in [0.25, 0.3) is 0 Å². The molecule has 0 bridgehead atoms. The van der Waals surface area contributed by atoms with Gasteiger partial charge >= 0.3 is 0 Å². The summed E-state index contributed by atoms with van der Waals surface area (Å²) in [5, 5.41) is 22.6. The lowest BCUT2D eigenvalue weighted by Crippen LogP contribution is -1.98. The summed E-state index contributed by atoms with van der Waals surface area (Å²) in [5.41, 5.74) is 1.12. The number of benzene rings is 2. The van der Waals surface area contributed by atoms with Gasteiger partial charge in [0.2, 0.25) is 0 Å². The van der Waals surface area contributed by atoms with E-state index in [1.165, 1.54) is 24.3 Å². The first-order valence-corrected chi connectivity index (χ1v) is 8.61. The summed E-state index contributed by atoms with van der Waals surface area (Å²) in [5.74, 6) is 0.381. The summed E-state index contributed by atoms with van der Waals surface area (Å²) in [7, 11) is -3.26. The molecule has 0 unspecified atom stereocenters. The van der Waals surface area contributed by atoms with Crippen LogP contribution in [0.25, 0.3) is 10.9 Å². The van der Waals surface area contributed by atoms with Crippen molar-refractivity contribution in [2.24, 2.45) is 0 Å². The number of phenols is 2. The molecule has 7 heteroatoms. The first-order valence-electron chi connectivity index (χ1n) is 6.72. The average molecular weight is 330 g/mol. The molecular weight excluding hydrogens is 316 g/mol. The largest absolute Gasteiger partial charge is 0.508 e. The Labute approximate surface area is 133 Å². The number of phenolic OH excluding ortho intramolecular Hbond substituents is 2. The van der Waals surface area contributed by atoms with Crippen molar-refractivity contribution in [2.75, 3.05) is 11.6 Å². The van der Waals surface area contributed by atoms with E-state index in [4.69, 9.17) is 0 Å². The lowest BCUT2D eigenvalue weighted by molar-refractivity contribution is 0.451. The predicted molar refractivity (Wildman–Crippen MR) is 87.9 cm³/mol. The van der Waals surface area contributed by atoms with Crippen LogP contribution in [0, 0.1) is 0 Å². The minimum Gasteiger partial charge on any atom is -0.508 e. The fourth-order valence-corrected chi connectivity index (χ4v) is 2.88. The number of anilines is 2. The third kappa shape index (κ3) is 3.35. The molecule has 0 fully saturated rings. The van der Waals surface area contributed by atoms with Crippen LogP contribution in [0.4, 0.5) is 11.5 Å². The topological polar surface area (TPSA) is 99.5 Å². The standard InChI is InChI=1S/C16H14N2O4S/c1-23(21,22)14-3-4-15-10(6-14)2-5-16(18-15)17-11-7-12(19)9-13(20)8-11/h2-9,19-20H,1H3,(H,17,18). The normalized spacial score (nSPS) is 11.5. The lowest BCUT2D eigenvalue weighted by Gasteiger charge is -2.08. The molecule has 3 aromatic rings. The molecule has 23 heavy (non-hydrogen) atoms. The Morgan fingerprint density at radius 2 is 1.65 bits per heavy atom. The van der Waals surface area contributed by atoms with E-state index in [1.807, 2.05) is 0 Å². The maximum atomic E-state index is 11.6. The lowest BCUT2D eigenvalue weighted by atomic mass is 10.2. The van der Waals surface area contributed by atoms with Gasteiger partial charge in [-0.15, -0.1) is 0 Å². The van der Waals surface area contributed by atoms with Crippen LogP contribution < -0.4 is 5.32 Å². The highest BCUT2D eigenvalue weighted by atomic mass is 32.2. The van der Waals surface area contributed by atoms with E-state index in [0.29, 0.717) is 22.4 Å². The Morgan fingerprint density at radius 3 is 2.30 bits per heavy atom. The summed E-state index contributed by atoms with van der Waals surface area (Å²) in [6, 6.07) is 12.3. The van der Waals surface area contributed by atoms with Crippen molar-refractivity contribution in [3.8, 4) is 11.5 Å². The molecule has 0 aliphatic carbocycles. The first kappa shape index (κ1) is 15.1. The van der Waals surface area contributed by atoms with Gasteiger partial charge in [-0.05, 0) is 30.3 Å². The molecule has 0 saturated carbocycles. The Balaban J connectivity index is 1.97. The molecule has 3 N–H and O–H groups in total. The highest BCUT2D eigenvalue weighted by molar-refractivity contribution is 7.90. The number of nitrogens with zero attached hydrogens (tertiary/aromatic N) is 1. The van der Waals surface area contributed by atoms with Gasteiger partial charge in [0, 0.05) is 35.5 Å². The van der Waals surface area contributed by atoms with Crippen LogP contribution in [0.3, 0.4) is 0 Å². The molecule has 1 heterocycles. The minimum atomic E-state index is -3.26. The van der Waals surface area contributed by atoms with Gasteiger partial charge in [0.1, 0.15) is 17.3 Å². The van der Waals surface area contributed by atoms with Gasteiger partial charge in [0.15, 0.2) is 9.84 Å². The van der Waals surface area contributed by atoms with Crippen LogP contribution in [-0.2, 0) is 9.84 Å². The average Bonchev–Trinajstić information content (AvgIpc) is 2.44. The fourth-order valence-electron chi connectivity index (χ4n) is 2.22. The molecule has 1 aromatic heterocycles. The molecule has 0 spiro atoms. The van der Waals surface area contributed by atoms with Gasteiger partial charge in [-0.3, -0.25) is 0 Å². The van der Waals surface area contributed by atoms with E-state index in [-0.39, 0.29) is 16.4 Å². The van der Waals surface area contributed by atoms with Gasteiger partial charge in [0.05, 0.1) is 10.4 Å². The quantitative estimate of drug-likeness (QED) is 0.683. The Kier molecular flexibility index (Phi) is 3.57. The minimum absolute atomic E-state index is 0.0638. The van der Waals surface area contributed by atoms with E-state index < -0.39 is 9.84 Å².